The predicted molar refractivity (Wildman–Crippen MR) is 197 cm³/mol. The van der Waals surface area contributed by atoms with E-state index in [1.54, 1.807) is 0 Å². The molecular weight excluding hydrogens is 712 g/mol. The molecule has 0 aromatic heterocycles. The number of aliphatic hydroxyl groups is 8. The lowest BCUT2D eigenvalue weighted by Gasteiger charge is -2.73. The molecular formula is C42H68O13. The van der Waals surface area contributed by atoms with E-state index in [2.05, 4.69) is 46.8 Å². The van der Waals surface area contributed by atoms with E-state index < -0.39 is 91.2 Å². The van der Waals surface area contributed by atoms with Gasteiger partial charge in [0.05, 0.1) is 43.7 Å². The van der Waals surface area contributed by atoms with E-state index >= 15 is 0 Å². The minimum atomic E-state index is -1.67. The van der Waals surface area contributed by atoms with Crippen LogP contribution in [0.15, 0.2) is 12.2 Å². The molecule has 3 saturated heterocycles. The summed E-state index contributed by atoms with van der Waals surface area (Å²) in [7, 11) is 0. The summed E-state index contributed by atoms with van der Waals surface area (Å²) in [6.45, 7) is 15.2. The molecule has 0 aromatic carbocycles. The lowest BCUT2D eigenvalue weighted by molar-refractivity contribution is -0.368. The number of aliphatic hydroxyl groups excluding tert-OH is 8. The molecule has 3 heterocycles. The molecule has 7 fully saturated rings. The van der Waals surface area contributed by atoms with Crippen LogP contribution in [-0.4, -0.2) is 140 Å². The van der Waals surface area contributed by atoms with Crippen molar-refractivity contribution in [3.63, 3.8) is 0 Å². The number of fused-ring (bicyclic) bond motifs is 4. The first-order chi connectivity index (χ1) is 25.7. The first kappa shape index (κ1) is 41.0. The van der Waals surface area contributed by atoms with Crippen molar-refractivity contribution in [1.29, 1.82) is 0 Å². The highest BCUT2D eigenvalue weighted by Crippen LogP contribution is 2.79. The third-order valence-electron chi connectivity index (χ3n) is 17.9. The van der Waals surface area contributed by atoms with Gasteiger partial charge < -0.3 is 64.5 Å². The van der Waals surface area contributed by atoms with Gasteiger partial charge in [0.15, 0.2) is 12.6 Å². The Morgan fingerprint density at radius 3 is 2.13 bits per heavy atom. The quantitative estimate of drug-likeness (QED) is 0.143. The van der Waals surface area contributed by atoms with Crippen LogP contribution in [0.25, 0.3) is 0 Å². The van der Waals surface area contributed by atoms with Crippen LogP contribution >= 0.6 is 0 Å². The zero-order valence-electron chi connectivity index (χ0n) is 33.7. The van der Waals surface area contributed by atoms with Crippen molar-refractivity contribution in [2.24, 2.45) is 50.2 Å². The molecule has 0 radical (unpaired) electrons. The molecule has 4 saturated carbocycles. The summed E-state index contributed by atoms with van der Waals surface area (Å²) in [6.07, 6.45) is -3.55. The highest BCUT2D eigenvalue weighted by Gasteiger charge is 2.79. The topological polar surface area (TPSA) is 208 Å². The summed E-state index contributed by atoms with van der Waals surface area (Å²) in [4.78, 5) is 0. The van der Waals surface area contributed by atoms with E-state index in [1.807, 2.05) is 6.92 Å². The molecule has 314 valence electrons. The third kappa shape index (κ3) is 5.44. The Bertz CT molecular complexity index is 1490. The van der Waals surface area contributed by atoms with Crippen molar-refractivity contribution in [1.82, 2.24) is 0 Å². The average Bonchev–Trinajstić information content (AvgIpc) is 3.41. The monoisotopic (exact) mass is 780 g/mol. The Morgan fingerprint density at radius 2 is 1.44 bits per heavy atom. The van der Waals surface area contributed by atoms with Gasteiger partial charge in [-0.2, -0.15) is 0 Å². The first-order valence-corrected chi connectivity index (χ1v) is 20.9. The second kappa shape index (κ2) is 13.4. The van der Waals surface area contributed by atoms with E-state index in [9.17, 15) is 40.9 Å². The van der Waals surface area contributed by atoms with Crippen molar-refractivity contribution < 1.29 is 64.5 Å². The van der Waals surface area contributed by atoms with Crippen molar-refractivity contribution >= 4 is 0 Å². The fourth-order valence-electron chi connectivity index (χ4n) is 14.3. The van der Waals surface area contributed by atoms with Gasteiger partial charge in [-0.05, 0) is 86.4 Å². The Balaban J connectivity index is 1.06. The Morgan fingerprint density at radius 1 is 0.727 bits per heavy atom. The zero-order valence-corrected chi connectivity index (χ0v) is 33.7. The van der Waals surface area contributed by atoms with Crippen LogP contribution in [0.2, 0.25) is 0 Å². The molecule has 5 aliphatic carbocycles. The van der Waals surface area contributed by atoms with Gasteiger partial charge in [0.1, 0.15) is 42.7 Å². The zero-order chi connectivity index (χ0) is 39.9. The largest absolute Gasteiger partial charge is 0.396 e. The molecule has 8 unspecified atom stereocenters. The minimum absolute atomic E-state index is 0.0158. The lowest BCUT2D eigenvalue weighted by atomic mass is 9.32. The van der Waals surface area contributed by atoms with Crippen LogP contribution < -0.4 is 0 Å². The molecule has 0 amide bonds. The summed E-state index contributed by atoms with van der Waals surface area (Å²) in [5, 5.41) is 87.5. The van der Waals surface area contributed by atoms with Crippen LogP contribution in [0.4, 0.5) is 0 Å². The Labute approximate surface area is 325 Å². The van der Waals surface area contributed by atoms with Gasteiger partial charge in [0.25, 0.3) is 0 Å². The summed E-state index contributed by atoms with van der Waals surface area (Å²) >= 11 is 0. The maximum Gasteiger partial charge on any atom is 0.187 e. The maximum absolute atomic E-state index is 12.1. The summed E-state index contributed by atoms with van der Waals surface area (Å²) in [5.41, 5.74) is -2.00. The minimum Gasteiger partial charge on any atom is -0.396 e. The molecule has 2 bridgehead atoms. The molecule has 0 aromatic rings. The molecule has 8 rings (SSSR count). The smallest absolute Gasteiger partial charge is 0.187 e. The van der Waals surface area contributed by atoms with E-state index in [0.717, 1.165) is 38.5 Å². The van der Waals surface area contributed by atoms with E-state index in [0.29, 0.717) is 19.4 Å². The summed E-state index contributed by atoms with van der Waals surface area (Å²) in [5.74, 6) is 0.401. The van der Waals surface area contributed by atoms with Crippen LogP contribution in [0.1, 0.15) is 99.8 Å². The molecule has 21 atom stereocenters. The van der Waals surface area contributed by atoms with Crippen molar-refractivity contribution in [2.45, 2.75) is 179 Å². The van der Waals surface area contributed by atoms with Gasteiger partial charge >= 0.3 is 0 Å². The SMILES string of the molecule is C[C@H]1O[C@@H](O[C@H]2[C@@H](O)[C@@H](CO)O[C@@H](O[C@H]3CCC4(C)C5C=CC67OCC8(CCC(C)(C)CC86)[C@@H](O)CC7(C)C5(C)CCC4[C@@]3(C)CO)[C@@H]2O)[C@H](O)[C@@H](O)[C@@H]1O. The molecule has 13 nitrogen and oxygen atoms in total. The van der Waals surface area contributed by atoms with Gasteiger partial charge in [0.2, 0.25) is 0 Å². The summed E-state index contributed by atoms with van der Waals surface area (Å²) < 4.78 is 31.2. The van der Waals surface area contributed by atoms with Crippen LogP contribution in [0.3, 0.4) is 0 Å². The number of hydrogen-bond donors (Lipinski definition) is 8. The Kier molecular flexibility index (Phi) is 9.95. The standard InChI is InChI=1S/C42H68O13/c1-21-28(46)30(48)31(49)34(52-21)55-33-29(47)22(18-43)53-35(32(33)50)54-27-10-11-37(4)23(38(27,5)19-44)8-12-39(6)24(37)9-13-42-25-16-36(2,3)14-15-41(25,20-51-42)26(45)17-40(39,42)7/h9,13,21-35,43-50H,8,10-12,14-20H2,1-7H3/t21-,22-,23?,24?,25?,26+,27+,28-,29+,30+,31-,32-,33+,34+,35+,37?,38-,39?,40?,41?,42?/m1/s1. The van der Waals surface area contributed by atoms with E-state index in [1.165, 1.54) is 6.92 Å². The van der Waals surface area contributed by atoms with Gasteiger partial charge in [-0.25, -0.2) is 0 Å². The third-order valence-corrected chi connectivity index (χ3v) is 17.9. The van der Waals surface area contributed by atoms with Crippen LogP contribution in [-0.2, 0) is 23.7 Å². The molecule has 1 spiro atoms. The second-order valence-electron chi connectivity index (χ2n) is 21.0. The maximum atomic E-state index is 12.1. The van der Waals surface area contributed by atoms with Crippen molar-refractivity contribution in [3.05, 3.63) is 12.2 Å². The van der Waals surface area contributed by atoms with Crippen LogP contribution in [0.5, 0.6) is 0 Å². The highest BCUT2D eigenvalue weighted by atomic mass is 16.7. The number of hydrogen-bond acceptors (Lipinski definition) is 13. The number of ether oxygens (including phenoxy) is 5. The van der Waals surface area contributed by atoms with Gasteiger partial charge in [-0.3, -0.25) is 0 Å². The van der Waals surface area contributed by atoms with Gasteiger partial charge in [-0.1, -0.05) is 53.7 Å². The molecule has 55 heavy (non-hydrogen) atoms. The highest BCUT2D eigenvalue weighted by molar-refractivity contribution is 5.36. The second-order valence-corrected chi connectivity index (χ2v) is 21.0. The Hall–Kier alpha value is -0.780. The normalized spacial score (nSPS) is 59.7. The fraction of sp³-hybridized carbons (Fsp3) is 0.952. The van der Waals surface area contributed by atoms with Crippen molar-refractivity contribution in [3.8, 4) is 0 Å². The lowest BCUT2D eigenvalue weighted by Crippen LogP contribution is -2.72. The predicted octanol–water partition coefficient (Wildman–Crippen LogP) is 1.78. The van der Waals surface area contributed by atoms with Gasteiger partial charge in [-0.15, -0.1) is 0 Å². The van der Waals surface area contributed by atoms with E-state index in [-0.39, 0.29) is 51.4 Å². The molecule has 8 N–H and O–H groups in total. The fourth-order valence-corrected chi connectivity index (χ4v) is 14.3. The van der Waals surface area contributed by atoms with Crippen molar-refractivity contribution in [2.75, 3.05) is 19.8 Å². The first-order valence-electron chi connectivity index (χ1n) is 20.9. The van der Waals surface area contributed by atoms with E-state index in [4.69, 9.17) is 23.7 Å². The van der Waals surface area contributed by atoms with Crippen LogP contribution in [0, 0.1) is 50.2 Å². The molecule has 8 aliphatic rings. The summed E-state index contributed by atoms with van der Waals surface area (Å²) in [6, 6.07) is 0. The number of rotatable bonds is 6. The van der Waals surface area contributed by atoms with Gasteiger partial charge in [0, 0.05) is 22.2 Å². The number of allylic oxidation sites excluding steroid dienone is 1. The average molecular weight is 781 g/mol. The molecule has 3 aliphatic heterocycles. The molecule has 13 heteroatoms.